The van der Waals surface area contributed by atoms with Gasteiger partial charge >= 0.3 is 0 Å². The molecule has 0 saturated heterocycles. The Labute approximate surface area is 63.5 Å². The van der Waals surface area contributed by atoms with Gasteiger partial charge in [0.05, 0.1) is 5.54 Å². The highest BCUT2D eigenvalue weighted by atomic mass is 14.9. The average molecular weight is 139 g/mol. The van der Waals surface area contributed by atoms with E-state index in [1.807, 2.05) is 0 Å². The fraction of sp³-hybridized carbons (Fsp3) is 0.889. The minimum atomic E-state index is 0.210. The van der Waals surface area contributed by atoms with Crippen LogP contribution in [0, 0.1) is 5.92 Å². The minimum Gasteiger partial charge on any atom is -0.288 e. The highest BCUT2D eigenvalue weighted by Crippen LogP contribution is 2.27. The molecular formula is C9H17N. The van der Waals surface area contributed by atoms with Crippen molar-refractivity contribution < 1.29 is 0 Å². The van der Waals surface area contributed by atoms with Crippen molar-refractivity contribution in [2.45, 2.75) is 46.1 Å². The molecule has 1 aliphatic heterocycles. The van der Waals surface area contributed by atoms with Gasteiger partial charge in [0.2, 0.25) is 0 Å². The summed E-state index contributed by atoms with van der Waals surface area (Å²) < 4.78 is 0. The standard InChI is InChI=1S/C9H17N/c1-7-5-8(2)10-9(3,4)6-7/h7H,5-6H2,1-4H3/t7-/m1/s1. The molecule has 1 rings (SSSR count). The predicted octanol–water partition coefficient (Wildman–Crippen LogP) is 2.66. The fourth-order valence-corrected chi connectivity index (χ4v) is 2.04. The number of nitrogens with zero attached hydrogens (tertiary/aromatic N) is 1. The van der Waals surface area contributed by atoms with Gasteiger partial charge in [-0.15, -0.1) is 0 Å². The monoisotopic (exact) mass is 139 g/mol. The van der Waals surface area contributed by atoms with Crippen molar-refractivity contribution >= 4 is 5.71 Å². The summed E-state index contributed by atoms with van der Waals surface area (Å²) in [6.07, 6.45) is 2.44. The van der Waals surface area contributed by atoms with E-state index < -0.39 is 0 Å². The van der Waals surface area contributed by atoms with Crippen LogP contribution >= 0.6 is 0 Å². The van der Waals surface area contributed by atoms with Gasteiger partial charge in [0.25, 0.3) is 0 Å². The van der Waals surface area contributed by atoms with Gasteiger partial charge in [-0.05, 0) is 39.5 Å². The topological polar surface area (TPSA) is 12.4 Å². The molecule has 1 aliphatic rings. The summed E-state index contributed by atoms with van der Waals surface area (Å²) in [6, 6.07) is 0. The van der Waals surface area contributed by atoms with Crippen molar-refractivity contribution in [1.82, 2.24) is 0 Å². The maximum absolute atomic E-state index is 4.58. The molecule has 10 heavy (non-hydrogen) atoms. The Balaban J connectivity index is 2.74. The number of hydrogen-bond donors (Lipinski definition) is 0. The lowest BCUT2D eigenvalue weighted by atomic mass is 9.86. The maximum atomic E-state index is 4.58. The zero-order valence-corrected chi connectivity index (χ0v) is 7.44. The molecule has 0 radical (unpaired) electrons. The quantitative estimate of drug-likeness (QED) is 0.489. The summed E-state index contributed by atoms with van der Waals surface area (Å²) in [5.41, 5.74) is 1.53. The highest BCUT2D eigenvalue weighted by Gasteiger charge is 2.24. The molecule has 1 heterocycles. The fourth-order valence-electron chi connectivity index (χ4n) is 2.04. The van der Waals surface area contributed by atoms with E-state index >= 15 is 0 Å². The Hall–Kier alpha value is -0.330. The number of hydrogen-bond acceptors (Lipinski definition) is 1. The van der Waals surface area contributed by atoms with Crippen molar-refractivity contribution in [3.05, 3.63) is 0 Å². The molecule has 1 nitrogen and oxygen atoms in total. The zero-order chi connectivity index (χ0) is 7.78. The summed E-state index contributed by atoms with van der Waals surface area (Å²) in [7, 11) is 0. The van der Waals surface area contributed by atoms with Crippen molar-refractivity contribution in [2.24, 2.45) is 10.9 Å². The Morgan fingerprint density at radius 3 is 2.50 bits per heavy atom. The van der Waals surface area contributed by atoms with E-state index in [4.69, 9.17) is 0 Å². The smallest absolute Gasteiger partial charge is 0.0554 e. The molecule has 0 aromatic carbocycles. The van der Waals surface area contributed by atoms with Gasteiger partial charge in [-0.3, -0.25) is 4.99 Å². The number of aliphatic imine (C=N–C) groups is 1. The molecule has 1 heteroatoms. The van der Waals surface area contributed by atoms with E-state index in [1.165, 1.54) is 18.6 Å². The third-order valence-electron chi connectivity index (χ3n) is 1.99. The molecule has 0 N–H and O–H groups in total. The maximum Gasteiger partial charge on any atom is 0.0554 e. The van der Waals surface area contributed by atoms with Crippen molar-refractivity contribution in [3.8, 4) is 0 Å². The summed E-state index contributed by atoms with van der Waals surface area (Å²) >= 11 is 0. The van der Waals surface area contributed by atoms with Crippen molar-refractivity contribution in [3.63, 3.8) is 0 Å². The molecule has 0 aromatic heterocycles. The van der Waals surface area contributed by atoms with E-state index in [-0.39, 0.29) is 5.54 Å². The highest BCUT2D eigenvalue weighted by molar-refractivity contribution is 5.83. The van der Waals surface area contributed by atoms with Crippen molar-refractivity contribution in [1.29, 1.82) is 0 Å². The molecular weight excluding hydrogens is 122 g/mol. The number of rotatable bonds is 0. The van der Waals surface area contributed by atoms with E-state index in [9.17, 15) is 0 Å². The lowest BCUT2D eigenvalue weighted by Crippen LogP contribution is -2.27. The lowest BCUT2D eigenvalue weighted by molar-refractivity contribution is 0.368. The van der Waals surface area contributed by atoms with Gasteiger partial charge in [-0.1, -0.05) is 6.92 Å². The molecule has 1 atom stereocenters. The van der Waals surface area contributed by atoms with Gasteiger partial charge in [-0.25, -0.2) is 0 Å². The van der Waals surface area contributed by atoms with Gasteiger partial charge in [0, 0.05) is 5.71 Å². The normalized spacial score (nSPS) is 31.6. The largest absolute Gasteiger partial charge is 0.288 e. The summed E-state index contributed by atoms with van der Waals surface area (Å²) in [4.78, 5) is 4.58. The summed E-state index contributed by atoms with van der Waals surface area (Å²) in [5, 5.41) is 0. The Kier molecular flexibility index (Phi) is 1.84. The molecule has 0 fully saturated rings. The van der Waals surface area contributed by atoms with Gasteiger partial charge in [-0.2, -0.15) is 0 Å². The summed E-state index contributed by atoms with van der Waals surface area (Å²) in [5.74, 6) is 0.826. The zero-order valence-electron chi connectivity index (χ0n) is 7.44. The molecule has 0 aliphatic carbocycles. The first-order valence-corrected chi connectivity index (χ1v) is 4.05. The van der Waals surface area contributed by atoms with E-state index in [2.05, 4.69) is 32.7 Å². The Morgan fingerprint density at radius 2 is 2.10 bits per heavy atom. The molecule has 0 spiro atoms. The first kappa shape index (κ1) is 7.77. The van der Waals surface area contributed by atoms with Crippen molar-refractivity contribution in [2.75, 3.05) is 0 Å². The first-order valence-electron chi connectivity index (χ1n) is 4.05. The van der Waals surface area contributed by atoms with Crippen LogP contribution in [0.15, 0.2) is 4.99 Å². The van der Waals surface area contributed by atoms with Gasteiger partial charge in [0.1, 0.15) is 0 Å². The molecule has 0 amide bonds. The molecule has 0 saturated carbocycles. The van der Waals surface area contributed by atoms with E-state index in [1.54, 1.807) is 0 Å². The first-order chi connectivity index (χ1) is 4.49. The molecule has 0 unspecified atom stereocenters. The minimum absolute atomic E-state index is 0.210. The van der Waals surface area contributed by atoms with E-state index in [0.29, 0.717) is 0 Å². The molecule has 58 valence electrons. The second-order valence-electron chi connectivity index (χ2n) is 4.17. The van der Waals surface area contributed by atoms with E-state index in [0.717, 1.165) is 5.92 Å². The Bertz CT molecular complexity index is 156. The average Bonchev–Trinajstić information content (AvgIpc) is 1.54. The SMILES string of the molecule is CC1=NC(C)(C)C[C@H](C)C1. The van der Waals surface area contributed by atoms with Crippen LogP contribution in [-0.2, 0) is 0 Å². The summed E-state index contributed by atoms with van der Waals surface area (Å²) in [6.45, 7) is 8.87. The second-order valence-corrected chi connectivity index (χ2v) is 4.17. The van der Waals surface area contributed by atoms with Crippen LogP contribution in [0.25, 0.3) is 0 Å². The predicted molar refractivity (Wildman–Crippen MR) is 45.6 cm³/mol. The Morgan fingerprint density at radius 1 is 1.50 bits per heavy atom. The second kappa shape index (κ2) is 2.37. The van der Waals surface area contributed by atoms with Crippen LogP contribution < -0.4 is 0 Å². The third kappa shape index (κ3) is 1.83. The van der Waals surface area contributed by atoms with Crippen LogP contribution in [0.1, 0.15) is 40.5 Å². The van der Waals surface area contributed by atoms with Gasteiger partial charge < -0.3 is 0 Å². The van der Waals surface area contributed by atoms with Crippen LogP contribution in [0.3, 0.4) is 0 Å². The molecule has 0 aromatic rings. The van der Waals surface area contributed by atoms with Crippen LogP contribution in [0.2, 0.25) is 0 Å². The van der Waals surface area contributed by atoms with Crippen LogP contribution in [0.5, 0.6) is 0 Å². The van der Waals surface area contributed by atoms with Crippen LogP contribution in [-0.4, -0.2) is 11.3 Å². The van der Waals surface area contributed by atoms with Gasteiger partial charge in [0.15, 0.2) is 0 Å². The third-order valence-corrected chi connectivity index (χ3v) is 1.99. The molecule has 0 bridgehead atoms. The lowest BCUT2D eigenvalue weighted by Gasteiger charge is -2.29. The van der Waals surface area contributed by atoms with Crippen LogP contribution in [0.4, 0.5) is 0 Å².